The van der Waals surface area contributed by atoms with Crippen LogP contribution in [-0.4, -0.2) is 31.8 Å². The SMILES string of the molecule is C=CC(=O)OCCOC(=O)NCC1CC(CC)CC1C. The zero-order valence-corrected chi connectivity index (χ0v) is 12.4. The van der Waals surface area contributed by atoms with E-state index in [1.54, 1.807) is 0 Å². The van der Waals surface area contributed by atoms with E-state index in [1.807, 2.05) is 0 Å². The van der Waals surface area contributed by atoms with Crippen LogP contribution >= 0.6 is 0 Å². The van der Waals surface area contributed by atoms with Crippen molar-refractivity contribution in [3.63, 3.8) is 0 Å². The first-order valence-electron chi connectivity index (χ1n) is 7.26. The molecule has 1 rings (SSSR count). The van der Waals surface area contributed by atoms with Crippen molar-refractivity contribution < 1.29 is 19.1 Å². The van der Waals surface area contributed by atoms with Gasteiger partial charge >= 0.3 is 12.1 Å². The van der Waals surface area contributed by atoms with Gasteiger partial charge in [-0.05, 0) is 30.6 Å². The first kappa shape index (κ1) is 16.5. The number of esters is 1. The minimum Gasteiger partial charge on any atom is -0.459 e. The summed E-state index contributed by atoms with van der Waals surface area (Å²) in [5.41, 5.74) is 0. The van der Waals surface area contributed by atoms with Crippen LogP contribution in [0.25, 0.3) is 0 Å². The fraction of sp³-hybridized carbons (Fsp3) is 0.733. The second-order valence-corrected chi connectivity index (χ2v) is 5.37. The molecule has 1 N–H and O–H groups in total. The molecular formula is C15H25NO4. The van der Waals surface area contributed by atoms with Crippen molar-refractivity contribution in [2.45, 2.75) is 33.1 Å². The molecule has 5 heteroatoms. The van der Waals surface area contributed by atoms with E-state index in [2.05, 4.69) is 25.7 Å². The molecule has 0 aromatic rings. The molecule has 1 amide bonds. The predicted molar refractivity (Wildman–Crippen MR) is 76.2 cm³/mol. The lowest BCUT2D eigenvalue weighted by Crippen LogP contribution is -2.31. The van der Waals surface area contributed by atoms with Crippen molar-refractivity contribution in [1.29, 1.82) is 0 Å². The number of alkyl carbamates (subject to hydrolysis) is 1. The van der Waals surface area contributed by atoms with Gasteiger partial charge in [0.05, 0.1) is 0 Å². The summed E-state index contributed by atoms with van der Waals surface area (Å²) in [6, 6.07) is 0. The lowest BCUT2D eigenvalue weighted by atomic mass is 9.98. The summed E-state index contributed by atoms with van der Waals surface area (Å²) in [6.45, 7) is 8.49. The Labute approximate surface area is 120 Å². The summed E-state index contributed by atoms with van der Waals surface area (Å²) >= 11 is 0. The molecule has 0 bridgehead atoms. The molecule has 1 aliphatic carbocycles. The van der Waals surface area contributed by atoms with Crippen molar-refractivity contribution in [1.82, 2.24) is 5.32 Å². The first-order valence-corrected chi connectivity index (χ1v) is 7.26. The minimum absolute atomic E-state index is 0.0516. The molecule has 3 atom stereocenters. The molecule has 5 nitrogen and oxygen atoms in total. The Bertz CT molecular complexity index is 343. The highest BCUT2D eigenvalue weighted by Crippen LogP contribution is 2.37. The number of amides is 1. The van der Waals surface area contributed by atoms with Gasteiger partial charge in [-0.25, -0.2) is 9.59 Å². The van der Waals surface area contributed by atoms with Crippen LogP contribution < -0.4 is 5.32 Å². The highest BCUT2D eigenvalue weighted by molar-refractivity contribution is 5.81. The molecule has 1 saturated carbocycles. The smallest absolute Gasteiger partial charge is 0.407 e. The lowest BCUT2D eigenvalue weighted by molar-refractivity contribution is -0.138. The summed E-state index contributed by atoms with van der Waals surface area (Å²) in [6.07, 6.45) is 4.25. The van der Waals surface area contributed by atoms with Gasteiger partial charge in [0.1, 0.15) is 13.2 Å². The van der Waals surface area contributed by atoms with Gasteiger partial charge in [0.15, 0.2) is 0 Å². The van der Waals surface area contributed by atoms with Crippen LogP contribution in [0.2, 0.25) is 0 Å². The molecule has 0 saturated heterocycles. The zero-order chi connectivity index (χ0) is 15.0. The number of ether oxygens (including phenoxy) is 2. The molecule has 20 heavy (non-hydrogen) atoms. The maximum atomic E-state index is 11.5. The Kier molecular flexibility index (Phi) is 7.12. The Morgan fingerprint density at radius 1 is 1.30 bits per heavy atom. The maximum absolute atomic E-state index is 11.5. The molecular weight excluding hydrogens is 258 g/mol. The third kappa shape index (κ3) is 5.63. The van der Waals surface area contributed by atoms with Gasteiger partial charge in [-0.1, -0.05) is 26.8 Å². The second kappa shape index (κ2) is 8.61. The highest BCUT2D eigenvalue weighted by atomic mass is 16.6. The van der Waals surface area contributed by atoms with E-state index in [9.17, 15) is 9.59 Å². The standard InChI is InChI=1S/C15H25NO4/c1-4-12-8-11(3)13(9-12)10-16-15(18)20-7-6-19-14(17)5-2/h5,11-13H,2,4,6-10H2,1,3H3,(H,16,18). The predicted octanol–water partition coefficient (Wildman–Crippen LogP) is 2.51. The average Bonchev–Trinajstić information content (AvgIpc) is 2.81. The molecule has 1 fully saturated rings. The summed E-state index contributed by atoms with van der Waals surface area (Å²) in [4.78, 5) is 22.2. The molecule has 3 unspecified atom stereocenters. The van der Waals surface area contributed by atoms with Gasteiger partial charge in [-0.15, -0.1) is 0 Å². The Morgan fingerprint density at radius 3 is 2.60 bits per heavy atom. The Morgan fingerprint density at radius 2 is 2.00 bits per heavy atom. The zero-order valence-electron chi connectivity index (χ0n) is 12.4. The van der Waals surface area contributed by atoms with Crippen LogP contribution in [0.5, 0.6) is 0 Å². The van der Waals surface area contributed by atoms with E-state index in [-0.39, 0.29) is 13.2 Å². The van der Waals surface area contributed by atoms with Crippen LogP contribution in [0.1, 0.15) is 33.1 Å². The monoisotopic (exact) mass is 283 g/mol. The van der Waals surface area contributed by atoms with E-state index in [1.165, 1.54) is 19.3 Å². The molecule has 0 aromatic heterocycles. The van der Waals surface area contributed by atoms with E-state index in [4.69, 9.17) is 9.47 Å². The van der Waals surface area contributed by atoms with Crippen LogP contribution in [0.4, 0.5) is 4.79 Å². The quantitative estimate of drug-likeness (QED) is 0.443. The second-order valence-electron chi connectivity index (χ2n) is 5.37. The Hall–Kier alpha value is -1.52. The summed E-state index contributed by atoms with van der Waals surface area (Å²) in [5.74, 6) is 1.45. The largest absolute Gasteiger partial charge is 0.459 e. The Balaban J connectivity index is 2.11. The van der Waals surface area contributed by atoms with Crippen molar-refractivity contribution in [2.75, 3.05) is 19.8 Å². The fourth-order valence-electron chi connectivity index (χ4n) is 2.69. The lowest BCUT2D eigenvalue weighted by Gasteiger charge is -2.15. The molecule has 0 aromatic carbocycles. The molecule has 1 aliphatic rings. The third-order valence-corrected chi connectivity index (χ3v) is 3.96. The van der Waals surface area contributed by atoms with Gasteiger partial charge < -0.3 is 14.8 Å². The van der Waals surface area contributed by atoms with Gasteiger partial charge in [0.2, 0.25) is 0 Å². The van der Waals surface area contributed by atoms with Crippen molar-refractivity contribution in [3.05, 3.63) is 12.7 Å². The van der Waals surface area contributed by atoms with Crippen LogP contribution in [0.15, 0.2) is 12.7 Å². The van der Waals surface area contributed by atoms with Crippen molar-refractivity contribution in [3.8, 4) is 0 Å². The first-order chi connectivity index (χ1) is 9.56. The van der Waals surface area contributed by atoms with Gasteiger partial charge in [0, 0.05) is 12.6 Å². The maximum Gasteiger partial charge on any atom is 0.407 e. The molecule has 0 heterocycles. The van der Waals surface area contributed by atoms with Crippen LogP contribution in [0, 0.1) is 17.8 Å². The van der Waals surface area contributed by atoms with Gasteiger partial charge in [-0.3, -0.25) is 0 Å². The number of nitrogens with one attached hydrogen (secondary N) is 1. The van der Waals surface area contributed by atoms with Crippen molar-refractivity contribution in [2.24, 2.45) is 17.8 Å². The normalized spacial score (nSPS) is 25.0. The van der Waals surface area contributed by atoms with E-state index >= 15 is 0 Å². The summed E-state index contributed by atoms with van der Waals surface area (Å²) in [5, 5.41) is 2.78. The number of hydrogen-bond donors (Lipinski definition) is 1. The molecule has 0 spiro atoms. The van der Waals surface area contributed by atoms with E-state index in [0.717, 1.165) is 12.0 Å². The van der Waals surface area contributed by atoms with E-state index in [0.29, 0.717) is 18.4 Å². The fourth-order valence-corrected chi connectivity index (χ4v) is 2.69. The summed E-state index contributed by atoms with van der Waals surface area (Å²) < 4.78 is 9.63. The minimum atomic E-state index is -0.514. The number of carbonyl (C=O) groups is 2. The molecule has 0 radical (unpaired) electrons. The van der Waals surface area contributed by atoms with Gasteiger partial charge in [-0.2, -0.15) is 0 Å². The number of carbonyl (C=O) groups excluding carboxylic acids is 2. The number of rotatable bonds is 7. The number of hydrogen-bond acceptors (Lipinski definition) is 4. The average molecular weight is 283 g/mol. The van der Waals surface area contributed by atoms with Gasteiger partial charge in [0.25, 0.3) is 0 Å². The van der Waals surface area contributed by atoms with Crippen LogP contribution in [0.3, 0.4) is 0 Å². The van der Waals surface area contributed by atoms with Crippen molar-refractivity contribution >= 4 is 12.1 Å². The topological polar surface area (TPSA) is 64.6 Å². The molecule has 0 aliphatic heterocycles. The van der Waals surface area contributed by atoms with E-state index < -0.39 is 12.1 Å². The molecule has 114 valence electrons. The summed E-state index contributed by atoms with van der Waals surface area (Å²) in [7, 11) is 0. The van der Waals surface area contributed by atoms with Crippen LogP contribution in [-0.2, 0) is 14.3 Å². The third-order valence-electron chi connectivity index (χ3n) is 3.96. The highest BCUT2D eigenvalue weighted by Gasteiger charge is 2.30.